The van der Waals surface area contributed by atoms with Crippen molar-refractivity contribution in [1.82, 2.24) is 0 Å². The molecule has 0 saturated carbocycles. The van der Waals surface area contributed by atoms with Gasteiger partial charge in [0.25, 0.3) is 0 Å². The Morgan fingerprint density at radius 1 is 1.21 bits per heavy atom. The molecule has 0 unspecified atom stereocenters. The quantitative estimate of drug-likeness (QED) is 0.708. The third-order valence-electron chi connectivity index (χ3n) is 1.40. The van der Waals surface area contributed by atoms with Crippen LogP contribution in [0.4, 0.5) is 4.79 Å². The van der Waals surface area contributed by atoms with Gasteiger partial charge in [0.1, 0.15) is 0 Å². The van der Waals surface area contributed by atoms with Crippen LogP contribution in [0.1, 0.15) is 6.92 Å². The maximum absolute atomic E-state index is 9.60. The monoisotopic (exact) mass is 225 g/mol. The van der Waals surface area contributed by atoms with Crippen molar-refractivity contribution in [3.63, 3.8) is 0 Å². The molecule has 1 amide bonds. The first-order chi connectivity index (χ1) is 6.45. The molecule has 14 heavy (non-hydrogen) atoms. The van der Waals surface area contributed by atoms with E-state index in [2.05, 4.69) is 10.5 Å². The van der Waals surface area contributed by atoms with Gasteiger partial charge in [0.05, 0.1) is 6.61 Å². The third kappa shape index (κ3) is 9.45. The fraction of sp³-hybridized carbons (Fsp3) is 0.857. The summed E-state index contributed by atoms with van der Waals surface area (Å²) in [4.78, 5) is 9.60. The molecule has 0 aliphatic heterocycles. The van der Waals surface area contributed by atoms with Crippen LogP contribution in [0.5, 0.6) is 0 Å². The molecule has 0 bridgehead atoms. The zero-order valence-electron chi connectivity index (χ0n) is 9.33. The molecule has 0 aromatic carbocycles. The highest BCUT2D eigenvalue weighted by atomic mass is 28.4. The first-order valence-electron chi connectivity index (χ1n) is 4.03. The van der Waals surface area contributed by atoms with Crippen LogP contribution in [-0.2, 0) is 18.0 Å². The molecule has 0 aromatic rings. The Labute approximate surface area is 85.6 Å². The van der Waals surface area contributed by atoms with E-state index < -0.39 is 14.9 Å². The average molecular weight is 225 g/mol. The highest BCUT2D eigenvalue weighted by molar-refractivity contribution is 6.58. The van der Waals surface area contributed by atoms with Gasteiger partial charge in [-0.3, -0.25) is 0 Å². The molecule has 0 spiro atoms. The van der Waals surface area contributed by atoms with Crippen LogP contribution in [0.25, 0.3) is 0 Å². The molecule has 0 rings (SSSR count). The van der Waals surface area contributed by atoms with E-state index >= 15 is 0 Å². The SMILES string of the molecule is CCOC(N)=O.CO[Si](C)(OC)OC. The van der Waals surface area contributed by atoms with Crippen LogP contribution in [0.15, 0.2) is 0 Å². The van der Waals surface area contributed by atoms with Gasteiger partial charge in [-0.1, -0.05) is 0 Å². The molecular formula is C7H19NO5Si. The van der Waals surface area contributed by atoms with Gasteiger partial charge in [0, 0.05) is 27.9 Å². The fourth-order valence-electron chi connectivity index (χ4n) is 0.392. The molecule has 0 fully saturated rings. The second-order valence-electron chi connectivity index (χ2n) is 2.23. The summed E-state index contributed by atoms with van der Waals surface area (Å²) in [5.41, 5.74) is 4.54. The second kappa shape index (κ2) is 8.94. The largest absolute Gasteiger partial charge is 0.496 e. The molecule has 7 heteroatoms. The molecule has 0 atom stereocenters. The van der Waals surface area contributed by atoms with Gasteiger partial charge in [-0.25, -0.2) is 4.79 Å². The number of ether oxygens (including phenoxy) is 1. The number of rotatable bonds is 4. The van der Waals surface area contributed by atoms with Crippen molar-refractivity contribution in [2.45, 2.75) is 13.5 Å². The lowest BCUT2D eigenvalue weighted by Gasteiger charge is -2.18. The van der Waals surface area contributed by atoms with E-state index in [9.17, 15) is 4.79 Å². The van der Waals surface area contributed by atoms with Crippen LogP contribution in [0.2, 0.25) is 6.55 Å². The standard InChI is InChI=1S/C4H12O3Si.C3H7NO2/c1-5-8(4,6-2)7-3;1-2-6-3(4)5/h1-4H3;2H2,1H3,(H2,4,5). The molecule has 0 aliphatic carbocycles. The molecule has 0 heterocycles. The molecule has 0 radical (unpaired) electrons. The average Bonchev–Trinajstić information content (AvgIpc) is 2.17. The Balaban J connectivity index is 0. The lowest BCUT2D eigenvalue weighted by atomic mass is 10.9. The van der Waals surface area contributed by atoms with Crippen LogP contribution < -0.4 is 5.73 Å². The minimum absolute atomic E-state index is 0.356. The predicted octanol–water partition coefficient (Wildman–Crippen LogP) is 0.596. The van der Waals surface area contributed by atoms with Gasteiger partial charge in [0.15, 0.2) is 0 Å². The maximum atomic E-state index is 9.60. The molecule has 86 valence electrons. The zero-order chi connectivity index (χ0) is 11.6. The van der Waals surface area contributed by atoms with Crippen molar-refractivity contribution >= 4 is 14.9 Å². The first-order valence-corrected chi connectivity index (χ1v) is 6.25. The van der Waals surface area contributed by atoms with E-state index in [1.807, 2.05) is 6.55 Å². The smallest absolute Gasteiger partial charge is 0.450 e. The van der Waals surface area contributed by atoms with Gasteiger partial charge in [-0.05, 0) is 6.92 Å². The van der Waals surface area contributed by atoms with Crippen LogP contribution >= 0.6 is 0 Å². The van der Waals surface area contributed by atoms with E-state index in [1.165, 1.54) is 0 Å². The van der Waals surface area contributed by atoms with E-state index in [0.29, 0.717) is 6.61 Å². The van der Waals surface area contributed by atoms with Crippen LogP contribution in [0.3, 0.4) is 0 Å². The minimum atomic E-state index is -2.17. The molecule has 0 aromatic heterocycles. The third-order valence-corrected chi connectivity index (χ3v) is 3.62. The predicted molar refractivity (Wildman–Crippen MR) is 53.9 cm³/mol. The molecular weight excluding hydrogens is 206 g/mol. The van der Waals surface area contributed by atoms with Crippen molar-refractivity contribution in [2.75, 3.05) is 27.9 Å². The van der Waals surface area contributed by atoms with Gasteiger partial charge in [-0.2, -0.15) is 0 Å². The molecule has 2 N–H and O–H groups in total. The van der Waals surface area contributed by atoms with Gasteiger partial charge < -0.3 is 23.7 Å². The molecule has 6 nitrogen and oxygen atoms in total. The minimum Gasteiger partial charge on any atom is -0.450 e. The van der Waals surface area contributed by atoms with Crippen molar-refractivity contribution < 1.29 is 22.8 Å². The Hall–Kier alpha value is -0.633. The normalized spacial score (nSPS) is 10.1. The van der Waals surface area contributed by atoms with Crippen molar-refractivity contribution in [3.8, 4) is 0 Å². The lowest BCUT2D eigenvalue weighted by molar-refractivity contribution is 0.132. The lowest BCUT2D eigenvalue weighted by Crippen LogP contribution is -2.38. The summed E-state index contributed by atoms with van der Waals surface area (Å²) in [5.74, 6) is 0. The molecule has 0 aliphatic rings. The first kappa shape index (κ1) is 15.8. The Morgan fingerprint density at radius 3 is 1.57 bits per heavy atom. The number of amides is 1. The Kier molecular flexibility index (Phi) is 10.1. The number of carbonyl (C=O) groups excluding carboxylic acids is 1. The van der Waals surface area contributed by atoms with Crippen molar-refractivity contribution in [1.29, 1.82) is 0 Å². The number of nitrogens with two attached hydrogens (primary N) is 1. The Bertz CT molecular complexity index is 143. The summed E-state index contributed by atoms with van der Waals surface area (Å²) in [7, 11) is 2.58. The number of carbonyl (C=O) groups is 1. The van der Waals surface area contributed by atoms with Crippen molar-refractivity contribution in [2.24, 2.45) is 5.73 Å². The van der Waals surface area contributed by atoms with E-state index in [4.69, 9.17) is 13.3 Å². The van der Waals surface area contributed by atoms with Crippen molar-refractivity contribution in [3.05, 3.63) is 0 Å². The van der Waals surface area contributed by atoms with E-state index in [0.717, 1.165) is 0 Å². The topological polar surface area (TPSA) is 80.0 Å². The number of hydrogen-bond donors (Lipinski definition) is 1. The second-order valence-corrected chi connectivity index (χ2v) is 5.18. The van der Waals surface area contributed by atoms with Crippen LogP contribution in [0, 0.1) is 0 Å². The van der Waals surface area contributed by atoms with E-state index in [1.54, 1.807) is 28.3 Å². The molecule has 0 saturated heterocycles. The summed E-state index contributed by atoms with van der Waals surface area (Å²) in [6, 6.07) is 0. The maximum Gasteiger partial charge on any atom is 0.496 e. The Morgan fingerprint density at radius 2 is 1.57 bits per heavy atom. The summed E-state index contributed by atoms with van der Waals surface area (Å²) >= 11 is 0. The highest BCUT2D eigenvalue weighted by Crippen LogP contribution is 2.02. The zero-order valence-corrected chi connectivity index (χ0v) is 10.3. The van der Waals surface area contributed by atoms with Gasteiger partial charge >= 0.3 is 14.9 Å². The summed E-state index contributed by atoms with van der Waals surface area (Å²) < 4.78 is 19.0. The summed E-state index contributed by atoms with van der Waals surface area (Å²) in [6.07, 6.45) is -0.711. The fourth-order valence-corrected chi connectivity index (χ4v) is 0.892. The van der Waals surface area contributed by atoms with Gasteiger partial charge in [0.2, 0.25) is 0 Å². The summed E-state index contributed by atoms with van der Waals surface area (Å²) in [5, 5.41) is 0. The highest BCUT2D eigenvalue weighted by Gasteiger charge is 2.29. The van der Waals surface area contributed by atoms with Gasteiger partial charge in [-0.15, -0.1) is 0 Å². The number of primary amides is 1. The summed E-state index contributed by atoms with van der Waals surface area (Å²) in [6.45, 7) is 3.88. The number of hydrogen-bond acceptors (Lipinski definition) is 5. The van der Waals surface area contributed by atoms with E-state index in [-0.39, 0.29) is 0 Å². The van der Waals surface area contributed by atoms with Crippen LogP contribution in [-0.4, -0.2) is 42.8 Å².